The third-order valence-electron chi connectivity index (χ3n) is 2.50. The number of methoxy groups -OCH3 is 1. The highest BCUT2D eigenvalue weighted by molar-refractivity contribution is 7.89. The van der Waals surface area contributed by atoms with E-state index in [1.54, 1.807) is 24.3 Å². The summed E-state index contributed by atoms with van der Waals surface area (Å²) in [6.45, 7) is -0.569. The van der Waals surface area contributed by atoms with E-state index in [0.717, 1.165) is 7.11 Å². The van der Waals surface area contributed by atoms with E-state index >= 15 is 0 Å². The number of nitrogens with two attached hydrogens (primary N) is 1. The molecule has 8 nitrogen and oxygen atoms in total. The molecular weight excluding hydrogens is 300 g/mol. The quantitative estimate of drug-likeness (QED) is 0.418. The average molecular weight is 318 g/mol. The topological polar surface area (TPSA) is 128 Å². The lowest BCUT2D eigenvalue weighted by molar-refractivity contribution is -0.149. The molecule has 4 N–H and O–H groups in total. The molecule has 0 aliphatic carbocycles. The van der Waals surface area contributed by atoms with Crippen molar-refractivity contribution in [2.24, 2.45) is 0 Å². The van der Waals surface area contributed by atoms with E-state index in [4.69, 9.17) is 10.5 Å². The minimum absolute atomic E-state index is 0.113. The summed E-state index contributed by atoms with van der Waals surface area (Å²) < 4.78 is 34.9. The fourth-order valence-corrected chi connectivity index (χ4v) is 2.23. The van der Waals surface area contributed by atoms with E-state index in [1.807, 2.05) is 0 Å². The van der Waals surface area contributed by atoms with Crippen LogP contribution in [0.1, 0.15) is 0 Å². The summed E-state index contributed by atoms with van der Waals surface area (Å²) in [6, 6.07) is 6.70. The average Bonchev–Trinajstić information content (AvgIpc) is 2.46. The van der Waals surface area contributed by atoms with Crippen LogP contribution in [0.4, 0.5) is 5.69 Å². The van der Waals surface area contributed by atoms with Gasteiger partial charge in [0.25, 0.3) is 0 Å². The van der Waals surface area contributed by atoms with Crippen molar-refractivity contribution in [3.63, 3.8) is 0 Å². The van der Waals surface area contributed by atoms with Crippen LogP contribution in [0.2, 0.25) is 0 Å². The zero-order valence-electron chi connectivity index (χ0n) is 11.5. The first-order chi connectivity index (χ1) is 9.85. The lowest BCUT2D eigenvalue weighted by Crippen LogP contribution is -2.39. The molecular formula is C12H18N2O6S. The zero-order valence-corrected chi connectivity index (χ0v) is 12.3. The number of esters is 1. The summed E-state index contributed by atoms with van der Waals surface area (Å²) in [5.74, 6) is -0.858. The molecule has 0 amide bonds. The van der Waals surface area contributed by atoms with Gasteiger partial charge in [-0.25, -0.2) is 17.9 Å². The van der Waals surface area contributed by atoms with Gasteiger partial charge >= 0.3 is 5.97 Å². The van der Waals surface area contributed by atoms with Gasteiger partial charge in [-0.05, 0) is 12.1 Å². The molecule has 0 aliphatic rings. The van der Waals surface area contributed by atoms with Gasteiger partial charge in [0, 0.05) is 6.54 Å². The van der Waals surface area contributed by atoms with Crippen LogP contribution in [0.5, 0.6) is 5.75 Å². The Balaban J connectivity index is 2.40. The molecule has 9 heteroatoms. The van der Waals surface area contributed by atoms with Crippen LogP contribution >= 0.6 is 0 Å². The SMILES string of the molecule is COC(=O)C(O)CNS(=O)(=O)CCOc1ccccc1N. The second-order valence-corrected chi connectivity index (χ2v) is 6.02. The van der Waals surface area contributed by atoms with Crippen LogP contribution in [-0.2, 0) is 19.6 Å². The van der Waals surface area contributed by atoms with Crippen LogP contribution in [0.25, 0.3) is 0 Å². The van der Waals surface area contributed by atoms with Gasteiger partial charge in [-0.15, -0.1) is 0 Å². The van der Waals surface area contributed by atoms with Gasteiger partial charge in [-0.3, -0.25) is 0 Å². The molecule has 1 aromatic carbocycles. The zero-order chi connectivity index (χ0) is 15.9. The molecule has 21 heavy (non-hydrogen) atoms. The molecule has 0 bridgehead atoms. The maximum absolute atomic E-state index is 11.6. The summed E-state index contributed by atoms with van der Waals surface area (Å²) in [6.07, 6.45) is -1.55. The maximum atomic E-state index is 11.6. The van der Waals surface area contributed by atoms with Gasteiger partial charge in [0.2, 0.25) is 10.0 Å². The number of ether oxygens (including phenoxy) is 2. The molecule has 1 unspecified atom stereocenters. The van der Waals surface area contributed by atoms with Gasteiger partial charge in [0.05, 0.1) is 18.6 Å². The van der Waals surface area contributed by atoms with E-state index in [2.05, 4.69) is 9.46 Å². The molecule has 1 atom stereocenters. The summed E-state index contributed by atoms with van der Waals surface area (Å²) in [5, 5.41) is 9.27. The molecule has 0 aromatic heterocycles. The van der Waals surface area contributed by atoms with E-state index < -0.39 is 28.6 Å². The summed E-state index contributed by atoms with van der Waals surface area (Å²) >= 11 is 0. The number of anilines is 1. The second kappa shape index (κ2) is 7.81. The first-order valence-corrected chi connectivity index (χ1v) is 7.71. The number of nitrogens with one attached hydrogen (secondary N) is 1. The fourth-order valence-electron chi connectivity index (χ4n) is 1.37. The highest BCUT2D eigenvalue weighted by Gasteiger charge is 2.19. The van der Waals surface area contributed by atoms with Crippen molar-refractivity contribution in [3.8, 4) is 5.75 Å². The van der Waals surface area contributed by atoms with Gasteiger partial charge in [-0.2, -0.15) is 0 Å². The molecule has 118 valence electrons. The van der Waals surface area contributed by atoms with Crippen molar-refractivity contribution >= 4 is 21.7 Å². The maximum Gasteiger partial charge on any atom is 0.336 e. The Hall–Kier alpha value is -1.84. The molecule has 1 rings (SSSR count). The first-order valence-electron chi connectivity index (χ1n) is 6.06. The van der Waals surface area contributed by atoms with Crippen molar-refractivity contribution < 1.29 is 27.8 Å². The lowest BCUT2D eigenvalue weighted by Gasteiger charge is -2.11. The third kappa shape index (κ3) is 5.98. The number of sulfonamides is 1. The monoisotopic (exact) mass is 318 g/mol. The summed E-state index contributed by atoms with van der Waals surface area (Å²) in [5.41, 5.74) is 6.05. The summed E-state index contributed by atoms with van der Waals surface area (Å²) in [4.78, 5) is 10.9. The number of aliphatic hydroxyl groups is 1. The predicted octanol–water partition coefficient (Wildman–Crippen LogP) is -0.899. The number of para-hydroxylation sites is 2. The van der Waals surface area contributed by atoms with E-state index in [0.29, 0.717) is 11.4 Å². The standard InChI is InChI=1S/C12H18N2O6S/c1-19-12(16)10(15)8-14-21(17,18)7-6-20-11-5-3-2-4-9(11)13/h2-5,10,14-15H,6-8,13H2,1H3. The van der Waals surface area contributed by atoms with Gasteiger partial charge in [0.15, 0.2) is 6.10 Å². The van der Waals surface area contributed by atoms with Crippen molar-refractivity contribution in [3.05, 3.63) is 24.3 Å². The highest BCUT2D eigenvalue weighted by Crippen LogP contribution is 2.19. The number of hydrogen-bond donors (Lipinski definition) is 3. The first kappa shape index (κ1) is 17.2. The van der Waals surface area contributed by atoms with Crippen LogP contribution in [0.15, 0.2) is 24.3 Å². The Labute approximate surface area is 122 Å². The highest BCUT2D eigenvalue weighted by atomic mass is 32.2. The molecule has 0 saturated heterocycles. The Kier molecular flexibility index (Phi) is 6.40. The van der Waals surface area contributed by atoms with Crippen molar-refractivity contribution in [1.82, 2.24) is 4.72 Å². The van der Waals surface area contributed by atoms with Crippen molar-refractivity contribution in [2.75, 3.05) is 31.7 Å². The van der Waals surface area contributed by atoms with E-state index in [9.17, 15) is 18.3 Å². The molecule has 0 heterocycles. The Morgan fingerprint density at radius 2 is 2.10 bits per heavy atom. The number of benzene rings is 1. The fraction of sp³-hybridized carbons (Fsp3) is 0.417. The molecule has 0 radical (unpaired) electrons. The predicted molar refractivity (Wildman–Crippen MR) is 76.2 cm³/mol. The van der Waals surface area contributed by atoms with Crippen LogP contribution in [-0.4, -0.2) is 51.6 Å². The molecule has 1 aromatic rings. The smallest absolute Gasteiger partial charge is 0.336 e. The Bertz CT molecular complexity index is 575. The Morgan fingerprint density at radius 3 is 2.71 bits per heavy atom. The number of rotatable bonds is 8. The van der Waals surface area contributed by atoms with Gasteiger partial charge in [0.1, 0.15) is 12.4 Å². The van der Waals surface area contributed by atoms with E-state index in [1.165, 1.54) is 0 Å². The van der Waals surface area contributed by atoms with Gasteiger partial charge in [-0.1, -0.05) is 12.1 Å². The largest absolute Gasteiger partial charge is 0.490 e. The van der Waals surface area contributed by atoms with Crippen LogP contribution in [0.3, 0.4) is 0 Å². The summed E-state index contributed by atoms with van der Waals surface area (Å²) in [7, 11) is -2.59. The number of nitrogen functional groups attached to an aromatic ring is 1. The van der Waals surface area contributed by atoms with Crippen molar-refractivity contribution in [1.29, 1.82) is 0 Å². The van der Waals surface area contributed by atoms with Crippen LogP contribution < -0.4 is 15.2 Å². The van der Waals surface area contributed by atoms with Gasteiger partial charge < -0.3 is 20.3 Å². The molecule has 0 spiro atoms. The third-order valence-corrected chi connectivity index (χ3v) is 3.81. The van der Waals surface area contributed by atoms with E-state index in [-0.39, 0.29) is 12.4 Å². The second-order valence-electron chi connectivity index (χ2n) is 4.09. The van der Waals surface area contributed by atoms with Crippen LogP contribution in [0, 0.1) is 0 Å². The number of carbonyl (C=O) groups excluding carboxylic acids is 1. The minimum atomic E-state index is -3.68. The normalized spacial score (nSPS) is 12.7. The molecule has 0 aliphatic heterocycles. The minimum Gasteiger partial charge on any atom is -0.490 e. The Morgan fingerprint density at radius 1 is 1.43 bits per heavy atom. The number of hydrogen-bond acceptors (Lipinski definition) is 7. The molecule has 0 fully saturated rings. The molecule has 0 saturated carbocycles. The number of carbonyl (C=O) groups is 1. The number of aliphatic hydroxyl groups excluding tert-OH is 1. The van der Waals surface area contributed by atoms with Crippen molar-refractivity contribution in [2.45, 2.75) is 6.10 Å². The lowest BCUT2D eigenvalue weighted by atomic mass is 10.3.